The summed E-state index contributed by atoms with van der Waals surface area (Å²) in [5, 5.41) is 0. The first-order valence-electron chi connectivity index (χ1n) is 3.40. The number of aromatic nitrogens is 2. The van der Waals surface area contributed by atoms with E-state index in [0.29, 0.717) is 0 Å². The summed E-state index contributed by atoms with van der Waals surface area (Å²) < 4.78 is 1.52. The molecule has 0 aliphatic rings. The minimum absolute atomic E-state index is 0.00317. The summed E-state index contributed by atoms with van der Waals surface area (Å²) in [6.07, 6.45) is 2.85. The molecule has 5 heteroatoms. The van der Waals surface area contributed by atoms with Gasteiger partial charge in [0.1, 0.15) is 11.5 Å². The zero-order valence-electron chi connectivity index (χ0n) is 6.65. The quantitative estimate of drug-likeness (QED) is 0.663. The van der Waals surface area contributed by atoms with Crippen molar-refractivity contribution in [1.82, 2.24) is 9.55 Å². The molecule has 0 unspecified atom stereocenters. The number of rotatable bonds is 3. The number of carbonyl (C=O) groups excluding carboxylic acids is 2. The van der Waals surface area contributed by atoms with E-state index in [9.17, 15) is 9.59 Å². The van der Waals surface area contributed by atoms with E-state index in [1.54, 1.807) is 0 Å². The third-order valence-electron chi connectivity index (χ3n) is 1.29. The van der Waals surface area contributed by atoms with Gasteiger partial charge in [0, 0.05) is 6.20 Å². The van der Waals surface area contributed by atoms with Crippen LogP contribution < -0.4 is 5.73 Å². The van der Waals surface area contributed by atoms with Gasteiger partial charge in [-0.2, -0.15) is 0 Å². The number of amides is 1. The number of ketones is 1. The van der Waals surface area contributed by atoms with Crippen molar-refractivity contribution in [2.75, 3.05) is 0 Å². The van der Waals surface area contributed by atoms with Gasteiger partial charge >= 0.3 is 0 Å². The minimum Gasteiger partial charge on any atom is -0.364 e. The summed E-state index contributed by atoms with van der Waals surface area (Å²) in [6, 6.07) is 0. The lowest BCUT2D eigenvalue weighted by atomic mass is 10.4. The predicted octanol–water partition coefficient (Wildman–Crippen LogP) is -0.429. The molecule has 1 aromatic heterocycles. The highest BCUT2D eigenvalue weighted by molar-refractivity contribution is 5.90. The number of nitrogens with two attached hydrogens (primary N) is 1. The van der Waals surface area contributed by atoms with Crippen molar-refractivity contribution in [2.45, 2.75) is 13.5 Å². The molecule has 2 N–H and O–H groups in total. The van der Waals surface area contributed by atoms with Gasteiger partial charge in [0.25, 0.3) is 5.91 Å². The van der Waals surface area contributed by atoms with Crippen LogP contribution in [0.15, 0.2) is 12.5 Å². The van der Waals surface area contributed by atoms with Crippen LogP contribution >= 0.6 is 0 Å². The maximum Gasteiger partial charge on any atom is 0.268 e. The number of nitrogens with zero attached hydrogens (tertiary/aromatic N) is 2. The number of carbonyl (C=O) groups is 2. The third kappa shape index (κ3) is 1.91. The van der Waals surface area contributed by atoms with Gasteiger partial charge in [-0.15, -0.1) is 0 Å². The molecule has 0 fully saturated rings. The Labute approximate surface area is 69.2 Å². The fourth-order valence-corrected chi connectivity index (χ4v) is 0.831. The molecule has 1 heterocycles. The highest BCUT2D eigenvalue weighted by Gasteiger charge is 2.04. The molecule has 0 saturated carbocycles. The highest BCUT2D eigenvalue weighted by atomic mass is 16.1. The largest absolute Gasteiger partial charge is 0.364 e. The predicted molar refractivity (Wildman–Crippen MR) is 41.4 cm³/mol. The molecule has 0 aromatic carbocycles. The lowest BCUT2D eigenvalue weighted by Gasteiger charge is -1.93. The Morgan fingerprint density at radius 2 is 2.33 bits per heavy atom. The molecule has 0 radical (unpaired) electrons. The second kappa shape index (κ2) is 3.17. The Balaban J connectivity index is 2.77. The highest BCUT2D eigenvalue weighted by Crippen LogP contribution is 1.94. The van der Waals surface area contributed by atoms with Gasteiger partial charge in [-0.3, -0.25) is 9.59 Å². The molecule has 0 spiro atoms. The lowest BCUT2D eigenvalue weighted by molar-refractivity contribution is -0.117. The first-order chi connectivity index (χ1) is 5.59. The van der Waals surface area contributed by atoms with Gasteiger partial charge in [-0.1, -0.05) is 0 Å². The molecule has 5 nitrogen and oxygen atoms in total. The van der Waals surface area contributed by atoms with Gasteiger partial charge in [0.05, 0.1) is 12.9 Å². The Morgan fingerprint density at radius 3 is 2.75 bits per heavy atom. The number of imidazole rings is 1. The monoisotopic (exact) mass is 167 g/mol. The van der Waals surface area contributed by atoms with Crippen molar-refractivity contribution in [3.8, 4) is 0 Å². The average molecular weight is 167 g/mol. The summed E-state index contributed by atoms with van der Waals surface area (Å²) in [4.78, 5) is 24.9. The van der Waals surface area contributed by atoms with E-state index < -0.39 is 5.91 Å². The zero-order valence-corrected chi connectivity index (χ0v) is 6.65. The standard InChI is InChI=1S/C7H9N3O2/c1-5(11)2-10-3-6(7(8)12)9-4-10/h3-4H,2H2,1H3,(H2,8,12). The van der Waals surface area contributed by atoms with E-state index in [1.165, 1.54) is 24.0 Å². The van der Waals surface area contributed by atoms with Crippen molar-refractivity contribution in [3.05, 3.63) is 18.2 Å². The maximum atomic E-state index is 10.6. The van der Waals surface area contributed by atoms with Crippen molar-refractivity contribution in [1.29, 1.82) is 0 Å². The van der Waals surface area contributed by atoms with E-state index in [0.717, 1.165) is 0 Å². The van der Waals surface area contributed by atoms with E-state index in [1.807, 2.05) is 0 Å². The van der Waals surface area contributed by atoms with E-state index in [-0.39, 0.29) is 18.0 Å². The smallest absolute Gasteiger partial charge is 0.268 e. The molecule has 1 amide bonds. The first kappa shape index (κ1) is 8.45. The Kier molecular flexibility index (Phi) is 2.23. The maximum absolute atomic E-state index is 10.6. The van der Waals surface area contributed by atoms with Crippen molar-refractivity contribution >= 4 is 11.7 Å². The summed E-state index contributed by atoms with van der Waals surface area (Å²) >= 11 is 0. The fourth-order valence-electron chi connectivity index (χ4n) is 0.831. The zero-order chi connectivity index (χ0) is 9.14. The SMILES string of the molecule is CC(=O)Cn1cnc(C(N)=O)c1. The van der Waals surface area contributed by atoms with Gasteiger partial charge in [0.15, 0.2) is 0 Å². The normalized spacial score (nSPS) is 9.75. The van der Waals surface area contributed by atoms with Gasteiger partial charge in [0.2, 0.25) is 0 Å². The summed E-state index contributed by atoms with van der Waals surface area (Å²) in [5.74, 6) is -0.583. The molecular weight excluding hydrogens is 158 g/mol. The number of primary amides is 1. The van der Waals surface area contributed by atoms with E-state index in [2.05, 4.69) is 4.98 Å². The molecule has 0 aliphatic carbocycles. The van der Waals surface area contributed by atoms with Crippen LogP contribution in [0.4, 0.5) is 0 Å². The molecule has 0 atom stereocenters. The summed E-state index contributed by atoms with van der Waals surface area (Å²) in [6.45, 7) is 1.68. The molecule has 0 saturated heterocycles. The van der Waals surface area contributed by atoms with Crippen LogP contribution in [0.5, 0.6) is 0 Å². The van der Waals surface area contributed by atoms with E-state index >= 15 is 0 Å². The molecule has 0 bridgehead atoms. The van der Waals surface area contributed by atoms with Crippen LogP contribution in [0.3, 0.4) is 0 Å². The topological polar surface area (TPSA) is 78.0 Å². The summed E-state index contributed by atoms with van der Waals surface area (Å²) in [7, 11) is 0. The third-order valence-corrected chi connectivity index (χ3v) is 1.29. The summed E-state index contributed by atoms with van der Waals surface area (Å²) in [5.41, 5.74) is 5.14. The van der Waals surface area contributed by atoms with Crippen LogP contribution in [0.2, 0.25) is 0 Å². The number of hydrogen-bond acceptors (Lipinski definition) is 3. The Morgan fingerprint density at radius 1 is 1.67 bits per heavy atom. The van der Waals surface area contributed by atoms with Crippen LogP contribution in [-0.2, 0) is 11.3 Å². The van der Waals surface area contributed by atoms with E-state index in [4.69, 9.17) is 5.73 Å². The van der Waals surface area contributed by atoms with Crippen molar-refractivity contribution in [3.63, 3.8) is 0 Å². The minimum atomic E-state index is -0.586. The van der Waals surface area contributed by atoms with Crippen LogP contribution in [-0.4, -0.2) is 21.2 Å². The molecule has 1 rings (SSSR count). The fraction of sp³-hybridized carbons (Fsp3) is 0.286. The molecule has 64 valence electrons. The van der Waals surface area contributed by atoms with Gasteiger partial charge in [-0.25, -0.2) is 4.98 Å². The van der Waals surface area contributed by atoms with Crippen molar-refractivity contribution in [2.24, 2.45) is 5.73 Å². The molecule has 0 aliphatic heterocycles. The molecule has 12 heavy (non-hydrogen) atoms. The Hall–Kier alpha value is -1.65. The van der Waals surface area contributed by atoms with Crippen LogP contribution in [0.1, 0.15) is 17.4 Å². The van der Waals surface area contributed by atoms with Crippen LogP contribution in [0.25, 0.3) is 0 Å². The average Bonchev–Trinajstić information content (AvgIpc) is 2.34. The second-order valence-electron chi connectivity index (χ2n) is 2.50. The van der Waals surface area contributed by atoms with Gasteiger partial charge in [-0.05, 0) is 6.92 Å². The lowest BCUT2D eigenvalue weighted by Crippen LogP contribution is -2.11. The number of hydrogen-bond donors (Lipinski definition) is 1. The van der Waals surface area contributed by atoms with Crippen molar-refractivity contribution < 1.29 is 9.59 Å². The van der Waals surface area contributed by atoms with Gasteiger partial charge < -0.3 is 10.3 Å². The Bertz CT molecular complexity index is 316. The number of Topliss-reactive ketones (excluding diaryl/α,β-unsaturated/α-hetero) is 1. The van der Waals surface area contributed by atoms with Crippen LogP contribution in [0, 0.1) is 0 Å². The first-order valence-corrected chi connectivity index (χ1v) is 3.40. The molecule has 1 aromatic rings. The molecular formula is C7H9N3O2. The second-order valence-corrected chi connectivity index (χ2v) is 2.50.